The van der Waals surface area contributed by atoms with Crippen LogP contribution in [0.4, 0.5) is 11.4 Å². The Morgan fingerprint density at radius 3 is 2.53 bits per heavy atom. The molecule has 1 atom stereocenters. The Balaban J connectivity index is 1.36. The molecule has 2 fully saturated rings. The summed E-state index contributed by atoms with van der Waals surface area (Å²) in [6, 6.07) is 14.1. The standard InChI is InChI=1S/C24H25N3O4S/c1-31-20-11-7-18(8-12-20)25-24(30)21-15-32-16-27(21)23(29)13-6-17-4-9-19(10-5-17)26-14-2-3-22(26)28/h4-13,21H,2-3,14-16H2,1H3,(H,25,30)/b13-6+. The van der Waals surface area contributed by atoms with Gasteiger partial charge in [-0.3, -0.25) is 14.4 Å². The minimum atomic E-state index is -0.525. The monoisotopic (exact) mass is 451 g/mol. The van der Waals surface area contributed by atoms with Gasteiger partial charge in [-0.25, -0.2) is 0 Å². The lowest BCUT2D eigenvalue weighted by Crippen LogP contribution is -2.43. The van der Waals surface area contributed by atoms with Crippen LogP contribution in [0, 0.1) is 0 Å². The van der Waals surface area contributed by atoms with Crippen molar-refractivity contribution in [2.24, 2.45) is 0 Å². The molecular formula is C24H25N3O4S. The first-order valence-corrected chi connectivity index (χ1v) is 11.6. The number of carbonyl (C=O) groups is 3. The molecular weight excluding hydrogens is 426 g/mol. The molecule has 2 aliphatic rings. The second-order valence-corrected chi connectivity index (χ2v) is 8.62. The smallest absolute Gasteiger partial charge is 0.248 e. The molecule has 1 N–H and O–H groups in total. The zero-order valence-corrected chi connectivity index (χ0v) is 18.6. The number of benzene rings is 2. The molecule has 0 saturated carbocycles. The van der Waals surface area contributed by atoms with Gasteiger partial charge in [-0.2, -0.15) is 0 Å². The highest BCUT2D eigenvalue weighted by atomic mass is 32.2. The van der Waals surface area contributed by atoms with Crippen LogP contribution in [0.1, 0.15) is 18.4 Å². The first-order chi connectivity index (χ1) is 15.5. The van der Waals surface area contributed by atoms with Crippen molar-refractivity contribution >= 4 is 46.9 Å². The summed E-state index contributed by atoms with van der Waals surface area (Å²) in [6.45, 7) is 0.749. The minimum Gasteiger partial charge on any atom is -0.497 e. The predicted octanol–water partition coefficient (Wildman–Crippen LogP) is 3.38. The van der Waals surface area contributed by atoms with E-state index in [1.165, 1.54) is 6.08 Å². The maximum atomic E-state index is 12.8. The molecule has 0 radical (unpaired) electrons. The molecule has 3 amide bonds. The van der Waals surface area contributed by atoms with Gasteiger partial charge in [0.15, 0.2) is 0 Å². The molecule has 8 heteroatoms. The number of hydrogen-bond donors (Lipinski definition) is 1. The van der Waals surface area contributed by atoms with Gasteiger partial charge in [-0.1, -0.05) is 12.1 Å². The average Bonchev–Trinajstić information content (AvgIpc) is 3.48. The maximum Gasteiger partial charge on any atom is 0.248 e. The molecule has 32 heavy (non-hydrogen) atoms. The second kappa shape index (κ2) is 9.91. The van der Waals surface area contributed by atoms with Gasteiger partial charge in [-0.05, 0) is 54.5 Å². The van der Waals surface area contributed by atoms with Gasteiger partial charge in [0.2, 0.25) is 17.7 Å². The summed E-state index contributed by atoms with van der Waals surface area (Å²) >= 11 is 1.55. The van der Waals surface area contributed by atoms with E-state index >= 15 is 0 Å². The van der Waals surface area contributed by atoms with E-state index in [9.17, 15) is 14.4 Å². The van der Waals surface area contributed by atoms with Gasteiger partial charge >= 0.3 is 0 Å². The van der Waals surface area contributed by atoms with E-state index in [1.807, 2.05) is 24.3 Å². The summed E-state index contributed by atoms with van der Waals surface area (Å²) in [5, 5.41) is 2.87. The molecule has 166 valence electrons. The summed E-state index contributed by atoms with van der Waals surface area (Å²) < 4.78 is 5.13. The number of methoxy groups -OCH3 is 1. The Kier molecular flexibility index (Phi) is 6.80. The zero-order chi connectivity index (χ0) is 22.5. The number of amides is 3. The third kappa shape index (κ3) is 4.96. The number of anilines is 2. The van der Waals surface area contributed by atoms with Crippen molar-refractivity contribution in [3.63, 3.8) is 0 Å². The van der Waals surface area contributed by atoms with Crippen LogP contribution in [-0.2, 0) is 14.4 Å². The van der Waals surface area contributed by atoms with Gasteiger partial charge < -0.3 is 19.9 Å². The van der Waals surface area contributed by atoms with Crippen LogP contribution in [0.5, 0.6) is 5.75 Å². The van der Waals surface area contributed by atoms with Crippen LogP contribution in [0.25, 0.3) is 6.08 Å². The van der Waals surface area contributed by atoms with Crippen LogP contribution >= 0.6 is 11.8 Å². The summed E-state index contributed by atoms with van der Waals surface area (Å²) in [4.78, 5) is 40.7. The molecule has 2 aromatic carbocycles. The Hall–Kier alpha value is -3.26. The minimum absolute atomic E-state index is 0.147. The van der Waals surface area contributed by atoms with Crippen LogP contribution in [0.15, 0.2) is 54.6 Å². The van der Waals surface area contributed by atoms with E-state index in [2.05, 4.69) is 5.32 Å². The molecule has 0 aliphatic carbocycles. The van der Waals surface area contributed by atoms with Gasteiger partial charge in [0.05, 0.1) is 13.0 Å². The third-order valence-corrected chi connectivity index (χ3v) is 6.53. The summed E-state index contributed by atoms with van der Waals surface area (Å²) in [5.74, 6) is 1.47. The molecule has 0 bridgehead atoms. The Morgan fingerprint density at radius 2 is 1.88 bits per heavy atom. The summed E-state index contributed by atoms with van der Waals surface area (Å²) in [5.41, 5.74) is 2.40. The van der Waals surface area contributed by atoms with Crippen LogP contribution in [0.3, 0.4) is 0 Å². The van der Waals surface area contributed by atoms with Crippen LogP contribution < -0.4 is 15.0 Å². The normalized spacial score (nSPS) is 18.4. The zero-order valence-electron chi connectivity index (χ0n) is 17.8. The van der Waals surface area contributed by atoms with Crippen molar-refractivity contribution in [3.8, 4) is 5.75 Å². The topological polar surface area (TPSA) is 79.0 Å². The Morgan fingerprint density at radius 1 is 1.12 bits per heavy atom. The van der Waals surface area contributed by atoms with Crippen LogP contribution in [0.2, 0.25) is 0 Å². The number of nitrogens with one attached hydrogen (secondary N) is 1. The second-order valence-electron chi connectivity index (χ2n) is 7.62. The lowest BCUT2D eigenvalue weighted by molar-refractivity contribution is -0.132. The van der Waals surface area contributed by atoms with Gasteiger partial charge in [-0.15, -0.1) is 11.8 Å². The number of ether oxygens (including phenoxy) is 1. The summed E-state index contributed by atoms with van der Waals surface area (Å²) in [6.07, 6.45) is 4.71. The molecule has 2 aliphatic heterocycles. The van der Waals surface area contributed by atoms with Crippen LogP contribution in [-0.4, -0.2) is 53.9 Å². The highest BCUT2D eigenvalue weighted by Crippen LogP contribution is 2.24. The molecule has 2 aromatic rings. The SMILES string of the molecule is COc1ccc(NC(=O)C2CSCN2C(=O)/C=C/c2ccc(N3CCCC3=O)cc2)cc1. The van der Waals surface area contributed by atoms with E-state index in [0.29, 0.717) is 29.5 Å². The van der Waals surface area contributed by atoms with Gasteiger partial charge in [0, 0.05) is 36.2 Å². The fourth-order valence-corrected chi connectivity index (χ4v) is 4.89. The van der Waals surface area contributed by atoms with Crippen molar-refractivity contribution in [2.75, 3.05) is 35.5 Å². The molecule has 2 heterocycles. The number of thioether (sulfide) groups is 1. The molecule has 7 nitrogen and oxygen atoms in total. The third-order valence-electron chi connectivity index (χ3n) is 5.52. The van der Waals surface area contributed by atoms with E-state index < -0.39 is 6.04 Å². The number of rotatable bonds is 6. The Labute approximate surface area is 191 Å². The van der Waals surface area contributed by atoms with Gasteiger partial charge in [0.1, 0.15) is 11.8 Å². The first-order valence-electron chi connectivity index (χ1n) is 10.5. The van der Waals surface area contributed by atoms with Crippen molar-refractivity contribution in [3.05, 3.63) is 60.2 Å². The largest absolute Gasteiger partial charge is 0.497 e. The van der Waals surface area contributed by atoms with E-state index in [0.717, 1.165) is 24.2 Å². The lowest BCUT2D eigenvalue weighted by Gasteiger charge is -2.21. The quantitative estimate of drug-likeness (QED) is 0.682. The van der Waals surface area contributed by atoms with Crippen molar-refractivity contribution in [1.82, 2.24) is 4.90 Å². The number of hydrogen-bond acceptors (Lipinski definition) is 5. The fourth-order valence-electron chi connectivity index (χ4n) is 3.73. The van der Waals surface area contributed by atoms with Gasteiger partial charge in [0.25, 0.3) is 0 Å². The van der Waals surface area contributed by atoms with Crippen molar-refractivity contribution < 1.29 is 19.1 Å². The number of nitrogens with zero attached hydrogens (tertiary/aromatic N) is 2. The number of carbonyl (C=O) groups excluding carboxylic acids is 3. The summed E-state index contributed by atoms with van der Waals surface area (Å²) in [7, 11) is 1.59. The van der Waals surface area contributed by atoms with E-state index in [-0.39, 0.29) is 17.7 Å². The molecule has 2 saturated heterocycles. The van der Waals surface area contributed by atoms with E-state index in [4.69, 9.17) is 4.74 Å². The van der Waals surface area contributed by atoms with E-state index in [1.54, 1.807) is 59.0 Å². The highest BCUT2D eigenvalue weighted by Gasteiger charge is 2.33. The predicted molar refractivity (Wildman–Crippen MR) is 127 cm³/mol. The van der Waals surface area contributed by atoms with Crippen molar-refractivity contribution in [1.29, 1.82) is 0 Å². The van der Waals surface area contributed by atoms with Crippen molar-refractivity contribution in [2.45, 2.75) is 18.9 Å². The molecule has 4 rings (SSSR count). The fraction of sp³-hybridized carbons (Fsp3) is 0.292. The molecule has 0 spiro atoms. The first kappa shape index (κ1) is 22.0. The maximum absolute atomic E-state index is 12.8. The molecule has 1 unspecified atom stereocenters. The lowest BCUT2D eigenvalue weighted by atomic mass is 10.1. The Bertz CT molecular complexity index is 1020. The average molecular weight is 452 g/mol. The highest BCUT2D eigenvalue weighted by molar-refractivity contribution is 7.99. The molecule has 0 aromatic heterocycles.